The normalized spacial score (nSPS) is 10.4. The van der Waals surface area contributed by atoms with Gasteiger partial charge in [0.25, 0.3) is 0 Å². The number of aryl methyl sites for hydroxylation is 1. The number of benzene rings is 2. The van der Waals surface area contributed by atoms with E-state index in [1.807, 2.05) is 48.8 Å². The molecule has 1 aromatic heterocycles. The summed E-state index contributed by atoms with van der Waals surface area (Å²) < 4.78 is 2.11. The highest BCUT2D eigenvalue weighted by Gasteiger charge is 2.08. The number of thioether (sulfide) groups is 1. The van der Waals surface area contributed by atoms with Crippen LogP contribution < -0.4 is 0 Å². The molecule has 0 saturated heterocycles. The van der Waals surface area contributed by atoms with Gasteiger partial charge in [-0.15, -0.1) is 0 Å². The summed E-state index contributed by atoms with van der Waals surface area (Å²) in [6.45, 7) is 2.10. The van der Waals surface area contributed by atoms with Gasteiger partial charge in [0.2, 0.25) is 0 Å². The summed E-state index contributed by atoms with van der Waals surface area (Å²) in [6, 6.07) is 18.1. The number of rotatable bonds is 4. The molecule has 3 nitrogen and oxygen atoms in total. The Balaban J connectivity index is 1.78. The van der Waals surface area contributed by atoms with Gasteiger partial charge in [-0.1, -0.05) is 42.1 Å². The number of nitrogens with zero attached hydrogens (tertiary/aromatic N) is 3. The molecule has 0 aliphatic rings. The summed E-state index contributed by atoms with van der Waals surface area (Å²) >= 11 is 1.69. The van der Waals surface area contributed by atoms with Crippen LogP contribution >= 0.6 is 11.8 Å². The Kier molecular flexibility index (Phi) is 4.27. The van der Waals surface area contributed by atoms with Crippen molar-refractivity contribution in [2.75, 3.05) is 0 Å². The Morgan fingerprint density at radius 2 is 1.91 bits per heavy atom. The predicted octanol–water partition coefficient (Wildman–Crippen LogP) is 4.34. The number of aromatic nitrogens is 2. The van der Waals surface area contributed by atoms with Crippen molar-refractivity contribution in [3.8, 4) is 11.8 Å². The highest BCUT2D eigenvalue weighted by atomic mass is 32.2. The van der Waals surface area contributed by atoms with Crippen LogP contribution in [-0.2, 0) is 5.75 Å². The summed E-state index contributed by atoms with van der Waals surface area (Å²) in [5.41, 5.74) is 4.25. The van der Waals surface area contributed by atoms with Crippen molar-refractivity contribution in [1.82, 2.24) is 9.55 Å². The molecule has 1 heterocycles. The molecule has 4 heteroatoms. The third-order valence-electron chi connectivity index (χ3n) is 3.43. The monoisotopic (exact) mass is 305 g/mol. The molecule has 0 atom stereocenters. The van der Waals surface area contributed by atoms with Crippen LogP contribution in [0.25, 0.3) is 5.69 Å². The number of hydrogen-bond acceptors (Lipinski definition) is 3. The summed E-state index contributed by atoms with van der Waals surface area (Å²) in [6.07, 6.45) is 3.82. The lowest BCUT2D eigenvalue weighted by Crippen LogP contribution is -1.97. The standard InChI is InChI=1S/C18H15N3S/c1-14-4-2-3-5-17(14)21-11-10-20-18(21)22-13-16-8-6-15(12-19)7-9-16/h2-11H,13H2,1H3. The number of para-hydroxylation sites is 1. The van der Waals surface area contributed by atoms with E-state index in [4.69, 9.17) is 5.26 Å². The molecule has 0 fully saturated rings. The van der Waals surface area contributed by atoms with Crippen LogP contribution in [0.15, 0.2) is 66.1 Å². The van der Waals surface area contributed by atoms with Gasteiger partial charge < -0.3 is 0 Å². The van der Waals surface area contributed by atoms with Gasteiger partial charge in [-0.05, 0) is 36.2 Å². The number of imidazole rings is 1. The van der Waals surface area contributed by atoms with Gasteiger partial charge >= 0.3 is 0 Å². The van der Waals surface area contributed by atoms with Crippen LogP contribution in [0.3, 0.4) is 0 Å². The first-order chi connectivity index (χ1) is 10.8. The molecular formula is C18H15N3S. The molecule has 0 aliphatic carbocycles. The molecule has 0 bridgehead atoms. The minimum Gasteiger partial charge on any atom is -0.295 e. The van der Waals surface area contributed by atoms with Crippen LogP contribution in [-0.4, -0.2) is 9.55 Å². The maximum absolute atomic E-state index is 8.83. The summed E-state index contributed by atoms with van der Waals surface area (Å²) in [7, 11) is 0. The average Bonchev–Trinajstić information content (AvgIpc) is 3.02. The molecule has 3 rings (SSSR count). The molecule has 2 aromatic carbocycles. The molecule has 0 saturated carbocycles. The Hall–Kier alpha value is -2.51. The van der Waals surface area contributed by atoms with E-state index in [-0.39, 0.29) is 0 Å². The highest BCUT2D eigenvalue weighted by Crippen LogP contribution is 2.25. The second-order valence-corrected chi connectivity index (χ2v) is 5.91. The molecule has 0 spiro atoms. The molecule has 0 aliphatic heterocycles. The van der Waals surface area contributed by atoms with E-state index in [0.717, 1.165) is 16.6 Å². The van der Waals surface area contributed by atoms with Crippen LogP contribution in [0.2, 0.25) is 0 Å². The summed E-state index contributed by atoms with van der Waals surface area (Å²) in [5.74, 6) is 0.828. The van der Waals surface area contributed by atoms with Crippen molar-refractivity contribution in [2.45, 2.75) is 17.8 Å². The molecule has 22 heavy (non-hydrogen) atoms. The number of nitriles is 1. The topological polar surface area (TPSA) is 41.6 Å². The third kappa shape index (κ3) is 3.05. The Bertz CT molecular complexity index is 813. The van der Waals surface area contributed by atoms with E-state index >= 15 is 0 Å². The average molecular weight is 305 g/mol. The smallest absolute Gasteiger partial charge is 0.172 e. The minimum atomic E-state index is 0.690. The fourth-order valence-corrected chi connectivity index (χ4v) is 3.16. The second kappa shape index (κ2) is 6.50. The van der Waals surface area contributed by atoms with E-state index in [0.29, 0.717) is 5.56 Å². The second-order valence-electron chi connectivity index (χ2n) is 4.96. The highest BCUT2D eigenvalue weighted by molar-refractivity contribution is 7.98. The zero-order valence-electron chi connectivity index (χ0n) is 12.2. The fourth-order valence-electron chi connectivity index (χ4n) is 2.24. The van der Waals surface area contributed by atoms with Crippen LogP contribution in [0.1, 0.15) is 16.7 Å². The SMILES string of the molecule is Cc1ccccc1-n1ccnc1SCc1ccc(C#N)cc1. The fraction of sp³-hybridized carbons (Fsp3) is 0.111. The van der Waals surface area contributed by atoms with Crippen molar-refractivity contribution in [1.29, 1.82) is 5.26 Å². The van der Waals surface area contributed by atoms with Crippen molar-refractivity contribution in [2.24, 2.45) is 0 Å². The molecule has 108 valence electrons. The van der Waals surface area contributed by atoms with Crippen molar-refractivity contribution >= 4 is 11.8 Å². The first kappa shape index (κ1) is 14.4. The van der Waals surface area contributed by atoms with E-state index < -0.39 is 0 Å². The Morgan fingerprint density at radius 3 is 2.64 bits per heavy atom. The Morgan fingerprint density at radius 1 is 1.14 bits per heavy atom. The lowest BCUT2D eigenvalue weighted by atomic mass is 10.2. The number of hydrogen-bond donors (Lipinski definition) is 0. The zero-order valence-corrected chi connectivity index (χ0v) is 13.0. The quantitative estimate of drug-likeness (QED) is 0.673. The molecule has 0 amide bonds. The van der Waals surface area contributed by atoms with Gasteiger partial charge in [-0.2, -0.15) is 5.26 Å². The molecule has 3 aromatic rings. The summed E-state index contributed by atoms with van der Waals surface area (Å²) in [4.78, 5) is 4.46. The molecule has 0 unspecified atom stereocenters. The Labute approximate surface area is 134 Å². The van der Waals surface area contributed by atoms with Gasteiger partial charge in [0.05, 0.1) is 17.3 Å². The van der Waals surface area contributed by atoms with E-state index in [1.165, 1.54) is 11.1 Å². The van der Waals surface area contributed by atoms with Gasteiger partial charge in [0, 0.05) is 18.1 Å². The lowest BCUT2D eigenvalue weighted by molar-refractivity contribution is 0.888. The molecule has 0 radical (unpaired) electrons. The predicted molar refractivity (Wildman–Crippen MR) is 89.0 cm³/mol. The first-order valence-corrected chi connectivity index (χ1v) is 7.97. The maximum atomic E-state index is 8.83. The molecule has 0 N–H and O–H groups in total. The van der Waals surface area contributed by atoms with Gasteiger partial charge in [-0.25, -0.2) is 4.98 Å². The largest absolute Gasteiger partial charge is 0.295 e. The van der Waals surface area contributed by atoms with Crippen molar-refractivity contribution in [3.05, 3.63) is 77.6 Å². The van der Waals surface area contributed by atoms with Crippen LogP contribution in [0.5, 0.6) is 0 Å². The van der Waals surface area contributed by atoms with E-state index in [2.05, 4.69) is 34.7 Å². The van der Waals surface area contributed by atoms with Crippen LogP contribution in [0, 0.1) is 18.3 Å². The van der Waals surface area contributed by atoms with Gasteiger partial charge in [-0.3, -0.25) is 4.57 Å². The first-order valence-electron chi connectivity index (χ1n) is 6.99. The summed E-state index contributed by atoms with van der Waals surface area (Å²) in [5, 5.41) is 9.80. The lowest BCUT2D eigenvalue weighted by Gasteiger charge is -2.10. The van der Waals surface area contributed by atoms with Gasteiger partial charge in [0.15, 0.2) is 5.16 Å². The van der Waals surface area contributed by atoms with E-state index in [9.17, 15) is 0 Å². The van der Waals surface area contributed by atoms with E-state index in [1.54, 1.807) is 11.8 Å². The van der Waals surface area contributed by atoms with Crippen LogP contribution in [0.4, 0.5) is 0 Å². The zero-order chi connectivity index (χ0) is 15.4. The minimum absolute atomic E-state index is 0.690. The van der Waals surface area contributed by atoms with Gasteiger partial charge in [0.1, 0.15) is 0 Å². The molecular weight excluding hydrogens is 290 g/mol. The maximum Gasteiger partial charge on any atom is 0.172 e. The van der Waals surface area contributed by atoms with Crippen molar-refractivity contribution < 1.29 is 0 Å². The van der Waals surface area contributed by atoms with Crippen molar-refractivity contribution in [3.63, 3.8) is 0 Å². The third-order valence-corrected chi connectivity index (χ3v) is 4.47.